The van der Waals surface area contributed by atoms with E-state index in [4.69, 9.17) is 9.15 Å². The Morgan fingerprint density at radius 1 is 1.06 bits per heavy atom. The summed E-state index contributed by atoms with van der Waals surface area (Å²) >= 11 is 0. The number of carbonyl (C=O) groups excluding carboxylic acids is 3. The average molecular weight is 455 g/mol. The highest BCUT2D eigenvalue weighted by Crippen LogP contribution is 2.26. The predicted molar refractivity (Wildman–Crippen MR) is 126 cm³/mol. The third kappa shape index (κ3) is 4.38. The average Bonchev–Trinajstić information content (AvgIpc) is 3.54. The van der Waals surface area contributed by atoms with Crippen LogP contribution in [-0.2, 0) is 14.3 Å². The first-order chi connectivity index (χ1) is 16.6. The molecule has 1 saturated heterocycles. The van der Waals surface area contributed by atoms with E-state index in [2.05, 4.69) is 10.3 Å². The van der Waals surface area contributed by atoms with Crippen molar-refractivity contribution in [1.82, 2.24) is 4.98 Å². The third-order valence-electron chi connectivity index (χ3n) is 5.56. The molecule has 2 amide bonds. The number of aromatic nitrogens is 1. The fourth-order valence-electron chi connectivity index (χ4n) is 3.97. The topological polar surface area (TPSA) is 102 Å². The van der Waals surface area contributed by atoms with Crippen molar-refractivity contribution in [2.24, 2.45) is 0 Å². The minimum atomic E-state index is -0.641. The highest BCUT2D eigenvalue weighted by atomic mass is 16.5. The lowest BCUT2D eigenvalue weighted by atomic mass is 10.1. The van der Waals surface area contributed by atoms with Gasteiger partial charge >= 0.3 is 5.97 Å². The summed E-state index contributed by atoms with van der Waals surface area (Å²) in [6, 6.07) is 19.3. The van der Waals surface area contributed by atoms with Crippen molar-refractivity contribution in [3.63, 3.8) is 0 Å². The van der Waals surface area contributed by atoms with Crippen LogP contribution in [0.15, 0.2) is 77.4 Å². The second-order valence-corrected chi connectivity index (χ2v) is 7.87. The Balaban J connectivity index is 1.29. The Bertz CT molecular complexity index is 1380. The number of para-hydroxylation sites is 1. The monoisotopic (exact) mass is 455 g/mol. The summed E-state index contributed by atoms with van der Waals surface area (Å²) in [7, 11) is 0. The lowest BCUT2D eigenvalue weighted by molar-refractivity contribution is -0.119. The van der Waals surface area contributed by atoms with Gasteiger partial charge < -0.3 is 19.4 Å². The van der Waals surface area contributed by atoms with Gasteiger partial charge in [0.2, 0.25) is 5.91 Å². The second-order valence-electron chi connectivity index (χ2n) is 7.87. The van der Waals surface area contributed by atoms with Crippen molar-refractivity contribution in [3.05, 3.63) is 78.6 Å². The van der Waals surface area contributed by atoms with E-state index in [0.29, 0.717) is 46.6 Å². The van der Waals surface area contributed by atoms with E-state index in [1.165, 1.54) is 6.26 Å². The molecule has 0 radical (unpaired) electrons. The molecule has 0 unspecified atom stereocenters. The first-order valence-electron chi connectivity index (χ1n) is 10.9. The second kappa shape index (κ2) is 9.19. The highest BCUT2D eigenvalue weighted by molar-refractivity contribution is 6.05. The molecule has 8 heteroatoms. The Kier molecular flexibility index (Phi) is 5.78. The molecule has 34 heavy (non-hydrogen) atoms. The van der Waals surface area contributed by atoms with Gasteiger partial charge in [0.15, 0.2) is 12.4 Å². The summed E-state index contributed by atoms with van der Waals surface area (Å²) in [5.41, 5.74) is 2.65. The van der Waals surface area contributed by atoms with Crippen molar-refractivity contribution in [2.45, 2.75) is 12.8 Å². The Hall–Kier alpha value is -4.46. The highest BCUT2D eigenvalue weighted by Gasteiger charge is 2.22. The molecule has 2 aromatic carbocycles. The van der Waals surface area contributed by atoms with Gasteiger partial charge in [-0.25, -0.2) is 9.78 Å². The number of rotatable bonds is 6. The molecule has 1 N–H and O–H groups in total. The van der Waals surface area contributed by atoms with Gasteiger partial charge in [-0.05, 0) is 48.9 Å². The van der Waals surface area contributed by atoms with Crippen LogP contribution in [0.2, 0.25) is 0 Å². The molecular weight excluding hydrogens is 434 g/mol. The van der Waals surface area contributed by atoms with Crippen LogP contribution in [0, 0.1) is 0 Å². The summed E-state index contributed by atoms with van der Waals surface area (Å²) in [4.78, 5) is 43.6. The minimum Gasteiger partial charge on any atom is -0.463 e. The maximum Gasteiger partial charge on any atom is 0.339 e. The molecule has 170 valence electrons. The van der Waals surface area contributed by atoms with E-state index in [0.717, 1.165) is 12.1 Å². The number of amides is 2. The van der Waals surface area contributed by atoms with Crippen molar-refractivity contribution in [2.75, 3.05) is 23.4 Å². The number of esters is 1. The molecule has 8 nitrogen and oxygen atoms in total. The molecule has 0 saturated carbocycles. The summed E-state index contributed by atoms with van der Waals surface area (Å²) in [6.45, 7) is 0.201. The largest absolute Gasteiger partial charge is 0.463 e. The first-order valence-corrected chi connectivity index (χ1v) is 10.9. The Morgan fingerprint density at radius 3 is 2.74 bits per heavy atom. The molecule has 4 aromatic rings. The zero-order valence-electron chi connectivity index (χ0n) is 18.2. The van der Waals surface area contributed by atoms with Crippen LogP contribution in [0.3, 0.4) is 0 Å². The molecule has 1 aliphatic heterocycles. The molecule has 1 fully saturated rings. The van der Waals surface area contributed by atoms with E-state index >= 15 is 0 Å². The van der Waals surface area contributed by atoms with E-state index in [-0.39, 0.29) is 5.91 Å². The Morgan fingerprint density at radius 2 is 1.94 bits per heavy atom. The predicted octanol–water partition coefficient (Wildman–Crippen LogP) is 4.42. The van der Waals surface area contributed by atoms with Crippen molar-refractivity contribution >= 4 is 40.1 Å². The van der Waals surface area contributed by atoms with Gasteiger partial charge in [-0.1, -0.05) is 24.3 Å². The lowest BCUT2D eigenvalue weighted by Gasteiger charge is -2.16. The van der Waals surface area contributed by atoms with Gasteiger partial charge in [-0.15, -0.1) is 0 Å². The van der Waals surface area contributed by atoms with E-state index in [1.807, 2.05) is 12.1 Å². The standard InChI is InChI=1S/C26H21N3O5/c30-24(27-17-6-3-7-18(14-17)29-12-4-11-25(29)31)16-34-26(32)20-15-22(23-10-5-13-33-23)28-21-9-2-1-8-19(20)21/h1-3,5-10,13-15H,4,11-12,16H2,(H,27,30). The van der Waals surface area contributed by atoms with Crippen LogP contribution in [0.1, 0.15) is 23.2 Å². The third-order valence-corrected chi connectivity index (χ3v) is 5.56. The number of benzene rings is 2. The summed E-state index contributed by atoms with van der Waals surface area (Å²) in [6.07, 6.45) is 2.87. The molecule has 5 rings (SSSR count). The summed E-state index contributed by atoms with van der Waals surface area (Å²) < 4.78 is 10.7. The fourth-order valence-corrected chi connectivity index (χ4v) is 3.97. The number of nitrogens with one attached hydrogen (secondary N) is 1. The molecular formula is C26H21N3O5. The van der Waals surface area contributed by atoms with E-state index < -0.39 is 18.5 Å². The molecule has 3 heterocycles. The number of hydrogen-bond acceptors (Lipinski definition) is 6. The van der Waals surface area contributed by atoms with Gasteiger partial charge in [0.1, 0.15) is 5.69 Å². The van der Waals surface area contributed by atoms with E-state index in [9.17, 15) is 14.4 Å². The van der Waals surface area contributed by atoms with Crippen LogP contribution < -0.4 is 10.2 Å². The number of anilines is 2. The number of nitrogens with zero attached hydrogens (tertiary/aromatic N) is 2. The maximum absolute atomic E-state index is 12.9. The molecule has 0 spiro atoms. The molecule has 2 aromatic heterocycles. The zero-order chi connectivity index (χ0) is 23.5. The number of furan rings is 1. The SMILES string of the molecule is O=C(COC(=O)c1cc(-c2ccco2)nc2ccccc12)Nc1cccc(N2CCCC2=O)c1. The molecule has 1 aliphatic rings. The van der Waals surface area contributed by atoms with Crippen molar-refractivity contribution < 1.29 is 23.5 Å². The molecule has 0 bridgehead atoms. The quantitative estimate of drug-likeness (QED) is 0.432. The van der Waals surface area contributed by atoms with Gasteiger partial charge in [-0.2, -0.15) is 0 Å². The summed E-state index contributed by atoms with van der Waals surface area (Å²) in [5, 5.41) is 3.33. The first kappa shape index (κ1) is 21.4. The zero-order valence-corrected chi connectivity index (χ0v) is 18.2. The van der Waals surface area contributed by atoms with Crippen molar-refractivity contribution in [1.29, 1.82) is 0 Å². The lowest BCUT2D eigenvalue weighted by Crippen LogP contribution is -2.24. The van der Waals surface area contributed by atoms with Gasteiger partial charge in [0.25, 0.3) is 5.91 Å². The Labute approximate surface area is 195 Å². The minimum absolute atomic E-state index is 0.0656. The number of carbonyl (C=O) groups is 3. The number of hydrogen-bond donors (Lipinski definition) is 1. The fraction of sp³-hybridized carbons (Fsp3) is 0.154. The van der Waals surface area contributed by atoms with Crippen LogP contribution >= 0.6 is 0 Å². The normalized spacial score (nSPS) is 13.3. The van der Waals surface area contributed by atoms with Gasteiger partial charge in [0, 0.05) is 29.7 Å². The van der Waals surface area contributed by atoms with Gasteiger partial charge in [0.05, 0.1) is 17.3 Å². The van der Waals surface area contributed by atoms with Crippen LogP contribution in [0.4, 0.5) is 11.4 Å². The maximum atomic E-state index is 12.9. The van der Waals surface area contributed by atoms with E-state index in [1.54, 1.807) is 59.5 Å². The number of pyridine rings is 1. The molecule has 0 atom stereocenters. The van der Waals surface area contributed by atoms with Crippen LogP contribution in [0.5, 0.6) is 0 Å². The van der Waals surface area contributed by atoms with Crippen LogP contribution in [-0.4, -0.2) is 35.9 Å². The smallest absolute Gasteiger partial charge is 0.339 e. The summed E-state index contributed by atoms with van der Waals surface area (Å²) in [5.74, 6) is -0.536. The number of ether oxygens (including phenoxy) is 1. The molecule has 0 aliphatic carbocycles. The van der Waals surface area contributed by atoms with Crippen LogP contribution in [0.25, 0.3) is 22.4 Å². The van der Waals surface area contributed by atoms with Gasteiger partial charge in [-0.3, -0.25) is 9.59 Å². The van der Waals surface area contributed by atoms with Crippen molar-refractivity contribution in [3.8, 4) is 11.5 Å². The number of fused-ring (bicyclic) bond motifs is 1.